The summed E-state index contributed by atoms with van der Waals surface area (Å²) < 4.78 is 28.2. The summed E-state index contributed by atoms with van der Waals surface area (Å²) in [5.41, 5.74) is 4.23. The van der Waals surface area contributed by atoms with Crippen molar-refractivity contribution in [1.82, 2.24) is 0 Å². The van der Waals surface area contributed by atoms with Gasteiger partial charge in [-0.05, 0) is 68.3 Å². The summed E-state index contributed by atoms with van der Waals surface area (Å²) in [5, 5.41) is 10.5. The lowest BCUT2D eigenvalue weighted by Crippen LogP contribution is -2.14. The van der Waals surface area contributed by atoms with Crippen molar-refractivity contribution >= 4 is 50.8 Å². The molecule has 0 heterocycles. The normalized spacial score (nSPS) is 11.8. The number of benzene rings is 3. The molecule has 3 aromatic carbocycles. The second-order valence-electron chi connectivity index (χ2n) is 6.96. The smallest absolute Gasteiger partial charge is 0.261 e. The Bertz CT molecular complexity index is 1210. The molecule has 0 spiro atoms. The Kier molecular flexibility index (Phi) is 6.41. The minimum atomic E-state index is -3.75. The average molecular weight is 463 g/mol. The molecule has 0 aliphatic carbocycles. The number of aromatic hydroxyl groups is 1. The first-order valence-electron chi connectivity index (χ1n) is 8.99. The topological polar surface area (TPSA) is 78.8 Å². The van der Waals surface area contributed by atoms with Gasteiger partial charge < -0.3 is 5.11 Å². The van der Waals surface area contributed by atoms with Crippen molar-refractivity contribution in [2.24, 2.45) is 4.99 Å². The number of sulfonamides is 1. The highest BCUT2D eigenvalue weighted by Crippen LogP contribution is 2.31. The second-order valence-corrected chi connectivity index (χ2v) is 9.48. The van der Waals surface area contributed by atoms with Gasteiger partial charge in [-0.2, -0.15) is 0 Å². The van der Waals surface area contributed by atoms with Gasteiger partial charge in [-0.1, -0.05) is 40.9 Å². The Labute approximate surface area is 186 Å². The van der Waals surface area contributed by atoms with Crippen LogP contribution in [0.5, 0.6) is 5.75 Å². The number of rotatable bonds is 5. The SMILES string of the molecule is Cc1cc(C)c(NS(=O)(=O)c2ccc(N=Cc3cc(Cl)cc(Cl)c3O)cc2)c(C)c1. The van der Waals surface area contributed by atoms with E-state index in [9.17, 15) is 13.5 Å². The first-order chi connectivity index (χ1) is 14.1. The predicted octanol–water partition coefficient (Wildman–Crippen LogP) is 6.18. The van der Waals surface area contributed by atoms with Crippen molar-refractivity contribution in [1.29, 1.82) is 0 Å². The van der Waals surface area contributed by atoms with Crippen LogP contribution >= 0.6 is 23.2 Å². The third-order valence-corrected chi connectivity index (χ3v) is 6.34. The fourth-order valence-corrected chi connectivity index (χ4v) is 4.79. The van der Waals surface area contributed by atoms with Crippen LogP contribution in [0.1, 0.15) is 22.3 Å². The van der Waals surface area contributed by atoms with E-state index in [4.69, 9.17) is 23.2 Å². The third-order valence-electron chi connectivity index (χ3n) is 4.47. The van der Waals surface area contributed by atoms with Crippen LogP contribution in [0.3, 0.4) is 0 Å². The largest absolute Gasteiger partial charge is 0.506 e. The van der Waals surface area contributed by atoms with E-state index in [-0.39, 0.29) is 15.7 Å². The number of hydrogen-bond acceptors (Lipinski definition) is 4. The van der Waals surface area contributed by atoms with Crippen LogP contribution in [0.4, 0.5) is 11.4 Å². The van der Waals surface area contributed by atoms with Crippen LogP contribution in [0.2, 0.25) is 10.0 Å². The van der Waals surface area contributed by atoms with E-state index in [1.54, 1.807) is 12.1 Å². The average Bonchev–Trinajstić information content (AvgIpc) is 2.66. The highest BCUT2D eigenvalue weighted by atomic mass is 35.5. The molecule has 0 saturated heterocycles. The third kappa shape index (κ3) is 4.95. The van der Waals surface area contributed by atoms with E-state index in [1.807, 2.05) is 32.9 Å². The number of nitrogens with zero attached hydrogens (tertiary/aromatic N) is 1. The summed E-state index contributed by atoms with van der Waals surface area (Å²) in [5.74, 6) is -0.128. The van der Waals surface area contributed by atoms with Gasteiger partial charge in [0.05, 0.1) is 21.3 Å². The van der Waals surface area contributed by atoms with Crippen molar-refractivity contribution in [3.63, 3.8) is 0 Å². The zero-order chi connectivity index (χ0) is 22.1. The first kappa shape index (κ1) is 22.2. The molecule has 0 aromatic heterocycles. The summed E-state index contributed by atoms with van der Waals surface area (Å²) in [7, 11) is -3.75. The lowest BCUT2D eigenvalue weighted by Gasteiger charge is -2.14. The summed E-state index contributed by atoms with van der Waals surface area (Å²) in [6.07, 6.45) is 1.41. The van der Waals surface area contributed by atoms with Crippen molar-refractivity contribution in [2.45, 2.75) is 25.7 Å². The first-order valence-corrected chi connectivity index (χ1v) is 11.2. The molecule has 0 unspecified atom stereocenters. The molecule has 0 aliphatic heterocycles. The van der Waals surface area contributed by atoms with Gasteiger partial charge in [0.15, 0.2) is 0 Å². The van der Waals surface area contributed by atoms with Gasteiger partial charge in [0.2, 0.25) is 0 Å². The minimum Gasteiger partial charge on any atom is -0.506 e. The van der Waals surface area contributed by atoms with Crippen molar-refractivity contribution < 1.29 is 13.5 Å². The summed E-state index contributed by atoms with van der Waals surface area (Å²) >= 11 is 11.8. The molecule has 30 heavy (non-hydrogen) atoms. The van der Waals surface area contributed by atoms with E-state index in [2.05, 4.69) is 9.71 Å². The summed E-state index contributed by atoms with van der Waals surface area (Å²) in [4.78, 5) is 4.37. The van der Waals surface area contributed by atoms with Gasteiger partial charge in [0, 0.05) is 16.8 Å². The van der Waals surface area contributed by atoms with Crippen molar-refractivity contribution in [2.75, 3.05) is 4.72 Å². The summed E-state index contributed by atoms with van der Waals surface area (Å²) in [6.45, 7) is 5.70. The zero-order valence-corrected chi connectivity index (χ0v) is 18.9. The van der Waals surface area contributed by atoms with E-state index >= 15 is 0 Å². The molecule has 0 saturated carbocycles. The molecular weight excluding hydrogens is 443 g/mol. The van der Waals surface area contributed by atoms with Gasteiger partial charge in [-0.25, -0.2) is 8.42 Å². The van der Waals surface area contributed by atoms with Gasteiger partial charge in [-0.3, -0.25) is 9.71 Å². The lowest BCUT2D eigenvalue weighted by atomic mass is 10.1. The van der Waals surface area contributed by atoms with Crippen LogP contribution in [0.25, 0.3) is 0 Å². The lowest BCUT2D eigenvalue weighted by molar-refractivity contribution is 0.475. The molecule has 0 bridgehead atoms. The number of anilines is 1. The number of aliphatic imine (C=N–C) groups is 1. The molecule has 0 aliphatic rings. The molecule has 0 atom stereocenters. The molecule has 0 radical (unpaired) electrons. The van der Waals surface area contributed by atoms with Gasteiger partial charge in [0.1, 0.15) is 5.75 Å². The maximum Gasteiger partial charge on any atom is 0.261 e. The van der Waals surface area contributed by atoms with Crippen molar-refractivity contribution in [3.8, 4) is 5.75 Å². The van der Waals surface area contributed by atoms with E-state index in [0.29, 0.717) is 22.0 Å². The quantitative estimate of drug-likeness (QED) is 0.444. The Hall–Kier alpha value is -2.54. The second kappa shape index (κ2) is 8.68. The van der Waals surface area contributed by atoms with Gasteiger partial charge in [0.25, 0.3) is 10.0 Å². The fraction of sp³-hybridized carbons (Fsp3) is 0.136. The van der Waals surface area contributed by atoms with Gasteiger partial charge >= 0.3 is 0 Å². The van der Waals surface area contributed by atoms with Crippen molar-refractivity contribution in [3.05, 3.63) is 80.8 Å². The van der Waals surface area contributed by atoms with Crippen LogP contribution in [-0.4, -0.2) is 19.7 Å². The molecule has 5 nitrogen and oxygen atoms in total. The zero-order valence-electron chi connectivity index (χ0n) is 16.6. The predicted molar refractivity (Wildman–Crippen MR) is 123 cm³/mol. The van der Waals surface area contributed by atoms with Crippen LogP contribution in [0.15, 0.2) is 58.4 Å². The van der Waals surface area contributed by atoms with Crippen LogP contribution in [-0.2, 0) is 10.0 Å². The number of hydrogen-bond donors (Lipinski definition) is 2. The number of phenols is 1. The highest BCUT2D eigenvalue weighted by Gasteiger charge is 2.17. The molecule has 3 rings (SSSR count). The highest BCUT2D eigenvalue weighted by molar-refractivity contribution is 7.92. The molecule has 156 valence electrons. The molecule has 0 amide bonds. The number of aryl methyl sites for hydroxylation is 3. The van der Waals surface area contributed by atoms with Crippen LogP contribution in [0, 0.1) is 20.8 Å². The minimum absolute atomic E-state index is 0.120. The number of phenolic OH excluding ortho intramolecular Hbond substituents is 1. The fourth-order valence-electron chi connectivity index (χ4n) is 3.07. The standard InChI is InChI=1S/C22H20Cl2N2O3S/c1-13-8-14(2)21(15(3)9-13)26-30(28,29)19-6-4-18(5-7-19)25-12-16-10-17(23)11-20(24)22(16)27/h4-12,26-27H,1-3H3. The molecular formula is C22H20Cl2N2O3S. The molecule has 8 heteroatoms. The molecule has 0 fully saturated rings. The molecule has 3 aromatic rings. The maximum absolute atomic E-state index is 12.8. The van der Waals surface area contributed by atoms with E-state index < -0.39 is 10.0 Å². The maximum atomic E-state index is 12.8. The Balaban J connectivity index is 1.83. The summed E-state index contributed by atoms with van der Waals surface area (Å²) in [6, 6.07) is 12.9. The van der Waals surface area contributed by atoms with Crippen LogP contribution < -0.4 is 4.72 Å². The van der Waals surface area contributed by atoms with E-state index in [1.165, 1.54) is 30.5 Å². The molecule has 2 N–H and O–H groups in total. The van der Waals surface area contributed by atoms with Gasteiger partial charge in [-0.15, -0.1) is 0 Å². The van der Waals surface area contributed by atoms with E-state index in [0.717, 1.165) is 16.7 Å². The Morgan fingerprint density at radius 1 is 0.967 bits per heavy atom. The number of halogens is 2. The Morgan fingerprint density at radius 2 is 1.57 bits per heavy atom. The Morgan fingerprint density at radius 3 is 2.17 bits per heavy atom. The monoisotopic (exact) mass is 462 g/mol. The number of nitrogens with one attached hydrogen (secondary N) is 1.